The van der Waals surface area contributed by atoms with Crippen LogP contribution >= 0.6 is 12.4 Å². The molecule has 1 saturated carbocycles. The SMILES string of the molecule is Cl.NCC1(NC(=O)c2cccc(S(=O)(=O)N3CCNC(=O)C3)c2)CCCC1. The Kier molecular flexibility index (Phi) is 6.85. The molecular formula is C17H25ClN4O4S. The average molecular weight is 417 g/mol. The van der Waals surface area contributed by atoms with E-state index in [1.54, 1.807) is 6.07 Å². The number of halogens is 1. The van der Waals surface area contributed by atoms with Crippen LogP contribution in [-0.4, -0.2) is 56.3 Å². The number of rotatable bonds is 5. The Labute approximate surface area is 165 Å². The fourth-order valence-corrected chi connectivity index (χ4v) is 4.96. The van der Waals surface area contributed by atoms with Gasteiger partial charge in [-0.25, -0.2) is 8.42 Å². The number of benzene rings is 1. The Hall–Kier alpha value is -1.68. The number of carbonyl (C=O) groups is 2. The molecule has 0 spiro atoms. The van der Waals surface area contributed by atoms with Gasteiger partial charge in [-0.05, 0) is 31.0 Å². The summed E-state index contributed by atoms with van der Waals surface area (Å²) >= 11 is 0. The van der Waals surface area contributed by atoms with Crippen LogP contribution in [0.2, 0.25) is 0 Å². The Bertz CT molecular complexity index is 809. The van der Waals surface area contributed by atoms with Crippen molar-refractivity contribution in [3.05, 3.63) is 29.8 Å². The van der Waals surface area contributed by atoms with Crippen molar-refractivity contribution in [3.63, 3.8) is 0 Å². The highest BCUT2D eigenvalue weighted by molar-refractivity contribution is 7.89. The number of amides is 2. The van der Waals surface area contributed by atoms with Gasteiger partial charge in [0.15, 0.2) is 0 Å². The molecule has 1 aromatic rings. The first-order chi connectivity index (χ1) is 12.4. The van der Waals surface area contributed by atoms with E-state index in [1.165, 1.54) is 18.2 Å². The smallest absolute Gasteiger partial charge is 0.251 e. The standard InChI is InChI=1S/C17H24N4O4S.ClH/c18-12-17(6-1-2-7-17)20-16(23)13-4-3-5-14(10-13)26(24,25)21-9-8-19-15(22)11-21;/h3-5,10H,1-2,6-9,11-12,18H2,(H,19,22)(H,20,23);1H. The predicted molar refractivity (Wildman–Crippen MR) is 103 cm³/mol. The molecule has 0 radical (unpaired) electrons. The summed E-state index contributed by atoms with van der Waals surface area (Å²) in [4.78, 5) is 24.1. The van der Waals surface area contributed by atoms with Crippen LogP contribution in [0.3, 0.4) is 0 Å². The van der Waals surface area contributed by atoms with Crippen LogP contribution in [0.4, 0.5) is 0 Å². The monoisotopic (exact) mass is 416 g/mol. The summed E-state index contributed by atoms with van der Waals surface area (Å²) in [6.07, 6.45) is 3.69. The first-order valence-electron chi connectivity index (χ1n) is 8.76. The van der Waals surface area contributed by atoms with Gasteiger partial charge in [-0.1, -0.05) is 18.9 Å². The maximum Gasteiger partial charge on any atom is 0.251 e. The molecule has 1 saturated heterocycles. The van der Waals surface area contributed by atoms with Crippen molar-refractivity contribution in [1.29, 1.82) is 0 Å². The maximum atomic E-state index is 12.8. The lowest BCUT2D eigenvalue weighted by molar-refractivity contribution is -0.122. The van der Waals surface area contributed by atoms with Gasteiger partial charge in [0.05, 0.1) is 17.0 Å². The van der Waals surface area contributed by atoms with Crippen LogP contribution in [0.25, 0.3) is 0 Å². The molecule has 2 aliphatic rings. The average Bonchev–Trinajstić information content (AvgIpc) is 3.11. The van der Waals surface area contributed by atoms with Crippen LogP contribution in [0, 0.1) is 0 Å². The fourth-order valence-electron chi connectivity index (χ4n) is 3.51. The lowest BCUT2D eigenvalue weighted by Crippen LogP contribution is -2.51. The molecule has 10 heteroatoms. The molecule has 0 bridgehead atoms. The molecule has 27 heavy (non-hydrogen) atoms. The van der Waals surface area contributed by atoms with E-state index in [1.807, 2.05) is 0 Å². The van der Waals surface area contributed by atoms with E-state index in [-0.39, 0.29) is 54.3 Å². The zero-order valence-electron chi connectivity index (χ0n) is 14.9. The molecule has 0 atom stereocenters. The summed E-state index contributed by atoms with van der Waals surface area (Å²) in [5.74, 6) is -0.661. The van der Waals surface area contributed by atoms with Crippen molar-refractivity contribution >= 4 is 34.2 Å². The number of nitrogens with two attached hydrogens (primary N) is 1. The topological polar surface area (TPSA) is 122 Å². The van der Waals surface area contributed by atoms with Crippen molar-refractivity contribution in [3.8, 4) is 0 Å². The molecule has 1 heterocycles. The molecule has 8 nitrogen and oxygen atoms in total. The largest absolute Gasteiger partial charge is 0.354 e. The second kappa shape index (κ2) is 8.55. The van der Waals surface area contributed by atoms with Crippen LogP contribution in [0.5, 0.6) is 0 Å². The normalized spacial score (nSPS) is 19.8. The van der Waals surface area contributed by atoms with Crippen LogP contribution in [0.15, 0.2) is 29.2 Å². The molecule has 1 aliphatic heterocycles. The summed E-state index contributed by atoms with van der Waals surface area (Å²) in [5.41, 5.74) is 5.71. The Morgan fingerprint density at radius 3 is 2.63 bits per heavy atom. The summed E-state index contributed by atoms with van der Waals surface area (Å²) in [7, 11) is -3.83. The summed E-state index contributed by atoms with van der Waals surface area (Å²) in [6.45, 7) is 0.632. The Morgan fingerprint density at radius 2 is 2.00 bits per heavy atom. The Morgan fingerprint density at radius 1 is 1.30 bits per heavy atom. The van der Waals surface area contributed by atoms with E-state index in [0.717, 1.165) is 30.0 Å². The first kappa shape index (κ1) is 21.6. The minimum atomic E-state index is -3.83. The van der Waals surface area contributed by atoms with Crippen molar-refractivity contribution in [1.82, 2.24) is 14.9 Å². The van der Waals surface area contributed by atoms with Crippen molar-refractivity contribution in [2.45, 2.75) is 36.1 Å². The lowest BCUT2D eigenvalue weighted by atomic mass is 9.97. The van der Waals surface area contributed by atoms with Crippen molar-refractivity contribution in [2.24, 2.45) is 5.73 Å². The van der Waals surface area contributed by atoms with Gasteiger partial charge < -0.3 is 16.4 Å². The van der Waals surface area contributed by atoms with Gasteiger partial charge in [-0.15, -0.1) is 12.4 Å². The third-order valence-corrected chi connectivity index (χ3v) is 6.91. The van der Waals surface area contributed by atoms with E-state index in [4.69, 9.17) is 5.73 Å². The predicted octanol–water partition coefficient (Wildman–Crippen LogP) is 0.230. The molecule has 0 unspecified atom stereocenters. The zero-order valence-corrected chi connectivity index (χ0v) is 16.6. The van der Waals surface area contributed by atoms with Crippen molar-refractivity contribution < 1.29 is 18.0 Å². The fraction of sp³-hybridized carbons (Fsp3) is 0.529. The highest BCUT2D eigenvalue weighted by Crippen LogP contribution is 2.29. The molecule has 150 valence electrons. The molecule has 2 amide bonds. The number of piperazine rings is 1. The summed E-state index contributed by atoms with van der Waals surface area (Å²) < 4.78 is 26.7. The molecule has 0 aromatic heterocycles. The lowest BCUT2D eigenvalue weighted by Gasteiger charge is -2.29. The van der Waals surface area contributed by atoms with Gasteiger partial charge in [0.1, 0.15) is 0 Å². The minimum Gasteiger partial charge on any atom is -0.354 e. The van der Waals surface area contributed by atoms with E-state index >= 15 is 0 Å². The highest BCUT2D eigenvalue weighted by Gasteiger charge is 2.34. The molecule has 1 aliphatic carbocycles. The highest BCUT2D eigenvalue weighted by atomic mass is 35.5. The van der Waals surface area contributed by atoms with Gasteiger partial charge in [-0.3, -0.25) is 9.59 Å². The number of nitrogens with one attached hydrogen (secondary N) is 2. The molecule has 1 aromatic carbocycles. The summed E-state index contributed by atoms with van der Waals surface area (Å²) in [5, 5.41) is 5.58. The Balaban J connectivity index is 0.00000261. The van der Waals surface area contributed by atoms with Gasteiger partial charge in [0.2, 0.25) is 15.9 Å². The number of carbonyl (C=O) groups excluding carboxylic acids is 2. The van der Waals surface area contributed by atoms with Gasteiger partial charge >= 0.3 is 0 Å². The molecular weight excluding hydrogens is 392 g/mol. The van der Waals surface area contributed by atoms with E-state index in [2.05, 4.69) is 10.6 Å². The van der Waals surface area contributed by atoms with Gasteiger partial charge in [0.25, 0.3) is 5.91 Å². The third-order valence-electron chi connectivity index (χ3n) is 5.07. The summed E-state index contributed by atoms with van der Waals surface area (Å²) in [6, 6.07) is 5.91. The van der Waals surface area contributed by atoms with E-state index in [9.17, 15) is 18.0 Å². The number of hydrogen-bond acceptors (Lipinski definition) is 5. The number of sulfonamides is 1. The molecule has 3 rings (SSSR count). The van der Waals surface area contributed by atoms with Gasteiger partial charge in [-0.2, -0.15) is 4.31 Å². The number of nitrogens with zero attached hydrogens (tertiary/aromatic N) is 1. The van der Waals surface area contributed by atoms with E-state index in [0.29, 0.717) is 6.54 Å². The second-order valence-corrected chi connectivity index (χ2v) is 8.80. The van der Waals surface area contributed by atoms with Crippen molar-refractivity contribution in [2.75, 3.05) is 26.2 Å². The van der Waals surface area contributed by atoms with Crippen LogP contribution in [0.1, 0.15) is 36.0 Å². The van der Waals surface area contributed by atoms with Gasteiger partial charge in [0, 0.05) is 25.2 Å². The quantitative estimate of drug-likeness (QED) is 0.634. The first-order valence-corrected chi connectivity index (χ1v) is 10.2. The third kappa shape index (κ3) is 4.60. The maximum absolute atomic E-state index is 12.8. The zero-order chi connectivity index (χ0) is 18.8. The number of hydrogen-bond donors (Lipinski definition) is 3. The van der Waals surface area contributed by atoms with Crippen LogP contribution < -0.4 is 16.4 Å². The van der Waals surface area contributed by atoms with Crippen LogP contribution in [-0.2, 0) is 14.8 Å². The second-order valence-electron chi connectivity index (χ2n) is 6.86. The van der Waals surface area contributed by atoms with E-state index < -0.39 is 15.6 Å². The minimum absolute atomic E-state index is 0. The molecule has 2 fully saturated rings. The molecule has 4 N–H and O–H groups in total.